The molecule has 2 heterocycles. The van der Waals surface area contributed by atoms with Crippen LogP contribution in [0, 0.1) is 23.0 Å². The molecule has 2 rings (SSSR count). The van der Waals surface area contributed by atoms with Gasteiger partial charge in [0.05, 0.1) is 11.0 Å². The Morgan fingerprint density at radius 2 is 2.30 bits per heavy atom. The molecule has 1 N–H and O–H groups in total. The Bertz CT molecular complexity index is 498. The largest absolute Gasteiger partial charge is 0.393 e. The molecule has 0 aromatic carbocycles. The lowest BCUT2D eigenvalue weighted by Gasteiger charge is -2.19. The second-order valence-electron chi connectivity index (χ2n) is 5.47. The average molecular weight is 282 g/mol. The van der Waals surface area contributed by atoms with Gasteiger partial charge in [0.15, 0.2) is 0 Å². The van der Waals surface area contributed by atoms with Crippen molar-refractivity contribution in [3.05, 3.63) is 15.8 Å². The lowest BCUT2D eigenvalue weighted by atomic mass is 10.0. The minimum Gasteiger partial charge on any atom is -0.393 e. The number of aromatic nitrogens is 2. The Labute approximate surface area is 118 Å². The number of hydrogen-bond acceptors (Lipinski definition) is 5. The predicted molar refractivity (Wildman–Crippen MR) is 75.9 cm³/mol. The van der Waals surface area contributed by atoms with Crippen LogP contribution in [-0.4, -0.2) is 39.0 Å². The Morgan fingerprint density at radius 3 is 2.80 bits per heavy atom. The van der Waals surface area contributed by atoms with Crippen molar-refractivity contribution < 1.29 is 10.0 Å². The molecular formula is C13H22N4O3. The Balaban J connectivity index is 2.36. The molecule has 7 heteroatoms. The fraction of sp³-hybridized carbons (Fsp3) is 0.769. The van der Waals surface area contributed by atoms with Gasteiger partial charge in [0.2, 0.25) is 5.82 Å². The van der Waals surface area contributed by atoms with E-state index in [2.05, 4.69) is 5.10 Å². The van der Waals surface area contributed by atoms with Crippen molar-refractivity contribution in [2.75, 3.05) is 18.0 Å². The quantitative estimate of drug-likeness (QED) is 0.656. The number of aliphatic hydroxyl groups excluding tert-OH is 1. The molecule has 112 valence electrons. The zero-order valence-electron chi connectivity index (χ0n) is 12.2. The first-order valence-corrected chi connectivity index (χ1v) is 7.10. The van der Waals surface area contributed by atoms with E-state index >= 15 is 0 Å². The first-order chi connectivity index (χ1) is 9.45. The van der Waals surface area contributed by atoms with E-state index in [0.717, 1.165) is 19.4 Å². The monoisotopic (exact) mass is 282 g/mol. The summed E-state index contributed by atoms with van der Waals surface area (Å²) in [5.74, 6) is 0.761. The van der Waals surface area contributed by atoms with Crippen LogP contribution in [0.5, 0.6) is 0 Å². The molecule has 0 saturated carbocycles. The van der Waals surface area contributed by atoms with Crippen LogP contribution in [0.1, 0.15) is 32.4 Å². The molecule has 7 nitrogen and oxygen atoms in total. The van der Waals surface area contributed by atoms with Crippen LogP contribution in [0.25, 0.3) is 0 Å². The van der Waals surface area contributed by atoms with Gasteiger partial charge in [-0.05, 0) is 26.7 Å². The summed E-state index contributed by atoms with van der Waals surface area (Å²) in [6, 6.07) is 0. The van der Waals surface area contributed by atoms with Gasteiger partial charge in [0.25, 0.3) is 0 Å². The average Bonchev–Trinajstić information content (AvgIpc) is 2.93. The molecule has 1 aromatic rings. The lowest BCUT2D eigenvalue weighted by molar-refractivity contribution is -0.384. The third kappa shape index (κ3) is 2.63. The molecule has 2 unspecified atom stereocenters. The van der Waals surface area contributed by atoms with E-state index in [4.69, 9.17) is 0 Å². The minimum atomic E-state index is -0.386. The van der Waals surface area contributed by atoms with Gasteiger partial charge < -0.3 is 10.0 Å². The number of anilines is 1. The van der Waals surface area contributed by atoms with Crippen LogP contribution in [0.4, 0.5) is 11.5 Å². The Hall–Kier alpha value is -1.63. The van der Waals surface area contributed by atoms with Crippen LogP contribution in [0.2, 0.25) is 0 Å². The number of nitrogens with zero attached hydrogens (tertiary/aromatic N) is 4. The molecule has 1 aliphatic heterocycles. The molecule has 0 spiro atoms. The second kappa shape index (κ2) is 5.78. The van der Waals surface area contributed by atoms with Gasteiger partial charge in [-0.25, -0.2) is 4.68 Å². The van der Waals surface area contributed by atoms with Crippen molar-refractivity contribution in [3.8, 4) is 0 Å². The molecule has 1 fully saturated rings. The standard InChI is InChI=1S/C13H22N4O3/c1-4-6-16-13(12(17(19)20)9(2)14-16)15-7-5-11(8-15)10(3)18/h10-11,18H,4-8H2,1-3H3. The topological polar surface area (TPSA) is 84.4 Å². The predicted octanol–water partition coefficient (Wildman–Crippen LogP) is 1.72. The zero-order valence-corrected chi connectivity index (χ0v) is 12.2. The van der Waals surface area contributed by atoms with Crippen LogP contribution < -0.4 is 4.90 Å². The van der Waals surface area contributed by atoms with Gasteiger partial charge in [0.1, 0.15) is 5.69 Å². The van der Waals surface area contributed by atoms with E-state index in [1.165, 1.54) is 0 Å². The van der Waals surface area contributed by atoms with Crippen molar-refractivity contribution in [2.24, 2.45) is 5.92 Å². The molecule has 20 heavy (non-hydrogen) atoms. The molecule has 0 radical (unpaired) electrons. The third-order valence-corrected chi connectivity index (χ3v) is 3.89. The van der Waals surface area contributed by atoms with E-state index in [9.17, 15) is 15.2 Å². The van der Waals surface area contributed by atoms with Crippen molar-refractivity contribution >= 4 is 11.5 Å². The van der Waals surface area contributed by atoms with Crippen molar-refractivity contribution in [2.45, 2.75) is 46.3 Å². The SMILES string of the molecule is CCCn1nc(C)c([N+](=O)[O-])c1N1CCC(C(C)O)C1. The van der Waals surface area contributed by atoms with E-state index in [1.54, 1.807) is 18.5 Å². The fourth-order valence-electron chi connectivity index (χ4n) is 2.83. The maximum absolute atomic E-state index is 11.3. The van der Waals surface area contributed by atoms with Crippen LogP contribution in [0.3, 0.4) is 0 Å². The van der Waals surface area contributed by atoms with Crippen LogP contribution in [-0.2, 0) is 6.54 Å². The number of aliphatic hydroxyl groups is 1. The summed E-state index contributed by atoms with van der Waals surface area (Å²) in [4.78, 5) is 13.0. The summed E-state index contributed by atoms with van der Waals surface area (Å²) in [5, 5.41) is 25.3. The summed E-state index contributed by atoms with van der Waals surface area (Å²) >= 11 is 0. The summed E-state index contributed by atoms with van der Waals surface area (Å²) in [5.41, 5.74) is 0.559. The number of hydrogen-bond donors (Lipinski definition) is 1. The Kier molecular flexibility index (Phi) is 4.27. The summed E-state index contributed by atoms with van der Waals surface area (Å²) in [7, 11) is 0. The molecule has 0 amide bonds. The molecule has 1 aliphatic rings. The highest BCUT2D eigenvalue weighted by Gasteiger charge is 2.34. The highest BCUT2D eigenvalue weighted by molar-refractivity contribution is 5.62. The van der Waals surface area contributed by atoms with E-state index in [0.29, 0.717) is 24.6 Å². The number of nitro groups is 1. The molecule has 1 aromatic heterocycles. The summed E-state index contributed by atoms with van der Waals surface area (Å²) in [6.45, 7) is 7.51. The highest BCUT2D eigenvalue weighted by atomic mass is 16.6. The van der Waals surface area contributed by atoms with Gasteiger partial charge in [0, 0.05) is 25.6 Å². The normalized spacial score (nSPS) is 20.4. The molecule has 0 aliphatic carbocycles. The van der Waals surface area contributed by atoms with E-state index in [1.807, 2.05) is 11.8 Å². The van der Waals surface area contributed by atoms with Gasteiger partial charge >= 0.3 is 5.69 Å². The van der Waals surface area contributed by atoms with E-state index in [-0.39, 0.29) is 22.6 Å². The van der Waals surface area contributed by atoms with Crippen molar-refractivity contribution in [3.63, 3.8) is 0 Å². The highest BCUT2D eigenvalue weighted by Crippen LogP contribution is 2.35. The van der Waals surface area contributed by atoms with Gasteiger partial charge in [-0.2, -0.15) is 5.10 Å². The lowest BCUT2D eigenvalue weighted by Crippen LogP contribution is -2.26. The number of rotatable bonds is 5. The van der Waals surface area contributed by atoms with E-state index < -0.39 is 0 Å². The maximum Gasteiger partial charge on any atom is 0.333 e. The maximum atomic E-state index is 11.3. The van der Waals surface area contributed by atoms with Gasteiger partial charge in [-0.3, -0.25) is 10.1 Å². The van der Waals surface area contributed by atoms with Crippen LogP contribution in [0.15, 0.2) is 0 Å². The second-order valence-corrected chi connectivity index (χ2v) is 5.47. The van der Waals surface area contributed by atoms with Crippen molar-refractivity contribution in [1.29, 1.82) is 0 Å². The minimum absolute atomic E-state index is 0.102. The molecular weight excluding hydrogens is 260 g/mol. The molecule has 2 atom stereocenters. The van der Waals surface area contributed by atoms with Crippen molar-refractivity contribution in [1.82, 2.24) is 9.78 Å². The molecule has 1 saturated heterocycles. The summed E-state index contributed by atoms with van der Waals surface area (Å²) in [6.07, 6.45) is 1.34. The number of aryl methyl sites for hydroxylation is 2. The zero-order chi connectivity index (χ0) is 14.9. The van der Waals surface area contributed by atoms with Gasteiger partial charge in [-0.15, -0.1) is 0 Å². The first kappa shape index (κ1) is 14.8. The summed E-state index contributed by atoms with van der Waals surface area (Å²) < 4.78 is 1.73. The Morgan fingerprint density at radius 1 is 1.60 bits per heavy atom. The van der Waals surface area contributed by atoms with Crippen LogP contribution >= 0.6 is 0 Å². The first-order valence-electron chi connectivity index (χ1n) is 7.10. The molecule has 0 bridgehead atoms. The third-order valence-electron chi connectivity index (χ3n) is 3.89. The van der Waals surface area contributed by atoms with Gasteiger partial charge in [-0.1, -0.05) is 6.92 Å². The smallest absolute Gasteiger partial charge is 0.333 e. The fourth-order valence-corrected chi connectivity index (χ4v) is 2.83.